The van der Waals surface area contributed by atoms with E-state index in [4.69, 9.17) is 9.15 Å². The fourth-order valence-electron chi connectivity index (χ4n) is 2.41. The molecule has 0 aliphatic carbocycles. The molecule has 2 heterocycles. The van der Waals surface area contributed by atoms with E-state index in [1.165, 1.54) is 5.56 Å². The van der Waals surface area contributed by atoms with Gasteiger partial charge in [0.2, 0.25) is 11.8 Å². The highest BCUT2D eigenvalue weighted by Gasteiger charge is 2.21. The number of rotatable bonds is 5. The zero-order chi connectivity index (χ0) is 16.1. The van der Waals surface area contributed by atoms with Crippen LogP contribution in [-0.4, -0.2) is 43.2 Å². The molecule has 0 spiro atoms. The van der Waals surface area contributed by atoms with E-state index < -0.39 is 6.10 Å². The summed E-state index contributed by atoms with van der Waals surface area (Å²) in [5.74, 6) is 0.519. The van der Waals surface area contributed by atoms with Gasteiger partial charge in [0.15, 0.2) is 0 Å². The molecule has 6 heteroatoms. The second kappa shape index (κ2) is 7.39. The maximum Gasteiger partial charge on any atom is 0.250 e. The van der Waals surface area contributed by atoms with Gasteiger partial charge in [0.05, 0.1) is 12.3 Å². The minimum absolute atomic E-state index is 0.0838. The van der Waals surface area contributed by atoms with Gasteiger partial charge in [-0.15, -0.1) is 0 Å². The van der Waals surface area contributed by atoms with Crippen LogP contribution < -0.4 is 10.6 Å². The Bertz CT molecular complexity index is 645. The molecule has 2 aromatic rings. The Morgan fingerprint density at radius 2 is 2.22 bits per heavy atom. The van der Waals surface area contributed by atoms with Gasteiger partial charge in [-0.3, -0.25) is 4.79 Å². The van der Waals surface area contributed by atoms with Gasteiger partial charge in [0.1, 0.15) is 12.4 Å². The molecule has 1 aliphatic rings. The van der Waals surface area contributed by atoms with Gasteiger partial charge in [-0.2, -0.15) is 0 Å². The number of nitrogens with zero attached hydrogens (tertiary/aromatic N) is 1. The Kier molecular flexibility index (Phi) is 5.05. The third-order valence-electron chi connectivity index (χ3n) is 3.75. The maximum atomic E-state index is 11.9. The summed E-state index contributed by atoms with van der Waals surface area (Å²) in [5, 5.41) is 6.01. The maximum absolute atomic E-state index is 11.9. The lowest BCUT2D eigenvalue weighted by Crippen LogP contribution is -2.48. The first-order chi connectivity index (χ1) is 11.2. The first-order valence-electron chi connectivity index (χ1n) is 7.84. The molecular formula is C17H21N3O3. The van der Waals surface area contributed by atoms with Crippen LogP contribution in [-0.2, 0) is 16.0 Å². The highest BCUT2D eigenvalue weighted by Crippen LogP contribution is 2.19. The number of aromatic nitrogens is 1. The fraction of sp³-hybridized carbons (Fsp3) is 0.412. The van der Waals surface area contributed by atoms with E-state index >= 15 is 0 Å². The lowest BCUT2D eigenvalue weighted by atomic mass is 10.1. The molecule has 0 saturated carbocycles. The molecule has 6 nitrogen and oxygen atoms in total. The van der Waals surface area contributed by atoms with Gasteiger partial charge < -0.3 is 19.8 Å². The monoisotopic (exact) mass is 315 g/mol. The highest BCUT2D eigenvalue weighted by molar-refractivity contribution is 5.81. The van der Waals surface area contributed by atoms with Crippen molar-refractivity contribution in [2.75, 3.05) is 26.2 Å². The number of carbonyl (C=O) groups excluding carboxylic acids is 1. The summed E-state index contributed by atoms with van der Waals surface area (Å²) in [5.41, 5.74) is 2.97. The molecule has 1 saturated heterocycles. The molecule has 0 radical (unpaired) electrons. The summed E-state index contributed by atoms with van der Waals surface area (Å²) in [6.07, 6.45) is 1.87. The lowest BCUT2D eigenvalue weighted by molar-refractivity contribution is -0.134. The SMILES string of the molecule is Cc1ccc(-c2nc(CCNC(=O)C3CNCCO3)co2)cc1. The zero-order valence-electron chi connectivity index (χ0n) is 13.2. The molecule has 1 aromatic heterocycles. The quantitative estimate of drug-likeness (QED) is 0.870. The van der Waals surface area contributed by atoms with Crippen LogP contribution in [0.4, 0.5) is 0 Å². The number of oxazole rings is 1. The van der Waals surface area contributed by atoms with E-state index in [9.17, 15) is 4.79 Å². The number of hydrogen-bond donors (Lipinski definition) is 2. The van der Waals surface area contributed by atoms with Gasteiger partial charge in [-0.1, -0.05) is 17.7 Å². The predicted octanol–water partition coefficient (Wildman–Crippen LogP) is 1.30. The summed E-state index contributed by atoms with van der Waals surface area (Å²) >= 11 is 0. The molecule has 0 bridgehead atoms. The minimum atomic E-state index is -0.399. The summed E-state index contributed by atoms with van der Waals surface area (Å²) in [4.78, 5) is 16.4. The van der Waals surface area contributed by atoms with Crippen molar-refractivity contribution in [1.82, 2.24) is 15.6 Å². The van der Waals surface area contributed by atoms with Crippen LogP contribution in [0.25, 0.3) is 11.5 Å². The number of amides is 1. The minimum Gasteiger partial charge on any atom is -0.444 e. The van der Waals surface area contributed by atoms with Gasteiger partial charge in [0, 0.05) is 31.6 Å². The van der Waals surface area contributed by atoms with Crippen molar-refractivity contribution in [3.63, 3.8) is 0 Å². The average molecular weight is 315 g/mol. The summed E-state index contributed by atoms with van der Waals surface area (Å²) in [7, 11) is 0. The van der Waals surface area contributed by atoms with Crippen molar-refractivity contribution in [2.45, 2.75) is 19.4 Å². The van der Waals surface area contributed by atoms with Crippen LogP contribution in [0.2, 0.25) is 0 Å². The molecule has 1 fully saturated rings. The topological polar surface area (TPSA) is 76.4 Å². The second-order valence-electron chi connectivity index (χ2n) is 5.61. The van der Waals surface area contributed by atoms with Crippen molar-refractivity contribution in [3.05, 3.63) is 41.8 Å². The van der Waals surface area contributed by atoms with Crippen LogP contribution in [0, 0.1) is 6.92 Å². The number of morpholine rings is 1. The van der Waals surface area contributed by atoms with Crippen LogP contribution in [0.3, 0.4) is 0 Å². The summed E-state index contributed by atoms with van der Waals surface area (Å²) in [6.45, 7) is 4.48. The van der Waals surface area contributed by atoms with E-state index in [0.29, 0.717) is 32.0 Å². The first kappa shape index (κ1) is 15.7. The van der Waals surface area contributed by atoms with Crippen LogP contribution in [0.1, 0.15) is 11.3 Å². The Morgan fingerprint density at radius 1 is 1.39 bits per heavy atom. The molecule has 1 aliphatic heterocycles. The number of aryl methyl sites for hydroxylation is 1. The van der Waals surface area contributed by atoms with Gasteiger partial charge in [0.25, 0.3) is 0 Å². The van der Waals surface area contributed by atoms with Gasteiger partial charge in [-0.05, 0) is 19.1 Å². The van der Waals surface area contributed by atoms with Crippen LogP contribution in [0.15, 0.2) is 34.9 Å². The summed E-state index contributed by atoms with van der Waals surface area (Å²) < 4.78 is 10.9. The van der Waals surface area contributed by atoms with E-state index in [1.807, 2.05) is 31.2 Å². The third kappa shape index (κ3) is 4.18. The van der Waals surface area contributed by atoms with Crippen molar-refractivity contribution in [2.24, 2.45) is 0 Å². The van der Waals surface area contributed by atoms with E-state index in [0.717, 1.165) is 17.8 Å². The Balaban J connectivity index is 1.49. The number of ether oxygens (including phenoxy) is 1. The average Bonchev–Trinajstić information content (AvgIpc) is 3.05. The largest absolute Gasteiger partial charge is 0.444 e. The normalized spacial score (nSPS) is 17.9. The third-order valence-corrected chi connectivity index (χ3v) is 3.75. The molecule has 2 N–H and O–H groups in total. The molecule has 1 amide bonds. The predicted molar refractivity (Wildman–Crippen MR) is 86.0 cm³/mol. The number of carbonyl (C=O) groups is 1. The number of benzene rings is 1. The molecule has 1 unspecified atom stereocenters. The fourth-order valence-corrected chi connectivity index (χ4v) is 2.41. The smallest absolute Gasteiger partial charge is 0.250 e. The summed E-state index contributed by atoms with van der Waals surface area (Å²) in [6, 6.07) is 8.02. The number of hydrogen-bond acceptors (Lipinski definition) is 5. The Morgan fingerprint density at radius 3 is 2.96 bits per heavy atom. The van der Waals surface area contributed by atoms with Gasteiger partial charge >= 0.3 is 0 Å². The Hall–Kier alpha value is -2.18. The van der Waals surface area contributed by atoms with E-state index in [-0.39, 0.29) is 5.91 Å². The number of nitrogens with one attached hydrogen (secondary N) is 2. The van der Waals surface area contributed by atoms with Crippen molar-refractivity contribution in [1.29, 1.82) is 0 Å². The lowest BCUT2D eigenvalue weighted by Gasteiger charge is -2.22. The molecule has 122 valence electrons. The molecule has 1 aromatic carbocycles. The van der Waals surface area contributed by atoms with Gasteiger partial charge in [-0.25, -0.2) is 4.98 Å². The Labute approximate surface area is 135 Å². The van der Waals surface area contributed by atoms with E-state index in [1.54, 1.807) is 6.26 Å². The van der Waals surface area contributed by atoms with Crippen LogP contribution >= 0.6 is 0 Å². The molecule has 23 heavy (non-hydrogen) atoms. The van der Waals surface area contributed by atoms with Crippen molar-refractivity contribution in [3.8, 4) is 11.5 Å². The van der Waals surface area contributed by atoms with Crippen molar-refractivity contribution >= 4 is 5.91 Å². The molecule has 1 atom stereocenters. The van der Waals surface area contributed by atoms with Crippen molar-refractivity contribution < 1.29 is 13.9 Å². The highest BCUT2D eigenvalue weighted by atomic mass is 16.5. The van der Waals surface area contributed by atoms with E-state index in [2.05, 4.69) is 15.6 Å². The molecule has 3 rings (SSSR count). The van der Waals surface area contributed by atoms with Crippen LogP contribution in [0.5, 0.6) is 0 Å². The standard InChI is InChI=1S/C17H21N3O3/c1-12-2-4-13(5-3-12)17-20-14(11-23-17)6-7-19-16(21)15-10-18-8-9-22-15/h2-5,11,15,18H,6-10H2,1H3,(H,19,21). The zero-order valence-corrected chi connectivity index (χ0v) is 13.2. The molecular weight excluding hydrogens is 294 g/mol. The first-order valence-corrected chi connectivity index (χ1v) is 7.84. The second-order valence-corrected chi connectivity index (χ2v) is 5.61.